The van der Waals surface area contributed by atoms with Gasteiger partial charge in [-0.1, -0.05) is 6.07 Å². The van der Waals surface area contributed by atoms with Gasteiger partial charge in [0.05, 0.1) is 11.6 Å². The van der Waals surface area contributed by atoms with Gasteiger partial charge in [0.25, 0.3) is 0 Å². The lowest BCUT2D eigenvalue weighted by atomic mass is 9.95. The molecule has 0 amide bonds. The Labute approximate surface area is 129 Å². The summed E-state index contributed by atoms with van der Waals surface area (Å²) in [7, 11) is 1.69. The molecule has 4 nitrogen and oxygen atoms in total. The summed E-state index contributed by atoms with van der Waals surface area (Å²) in [6.07, 6.45) is 0.914. The number of rotatable bonds is 4. The van der Waals surface area contributed by atoms with E-state index in [2.05, 4.69) is 37.9 Å². The Balaban J connectivity index is 1.66. The molecule has 0 radical (unpaired) electrons. The highest BCUT2D eigenvalue weighted by Gasteiger charge is 2.35. The fraction of sp³-hybridized carbons (Fsp3) is 0.600. The molecule has 2 bridgehead atoms. The van der Waals surface area contributed by atoms with Gasteiger partial charge in [0.1, 0.15) is 5.75 Å². The van der Waals surface area contributed by atoms with E-state index >= 15 is 0 Å². The third-order valence-electron chi connectivity index (χ3n) is 4.50. The highest BCUT2D eigenvalue weighted by molar-refractivity contribution is 9.10. The SMILES string of the molecule is COc1ccc(CC(N)C2CN3CCN2CC3)cc1Br. The van der Waals surface area contributed by atoms with Crippen LogP contribution in [0.3, 0.4) is 0 Å². The minimum absolute atomic E-state index is 0.193. The summed E-state index contributed by atoms with van der Waals surface area (Å²) in [4.78, 5) is 5.09. The number of nitrogens with zero attached hydrogens (tertiary/aromatic N) is 2. The summed E-state index contributed by atoms with van der Waals surface area (Å²) in [5.41, 5.74) is 7.74. The minimum atomic E-state index is 0.193. The zero-order chi connectivity index (χ0) is 14.1. The number of benzene rings is 1. The standard InChI is InChI=1S/C15H22BrN3O/c1-20-15-3-2-11(8-12(15)16)9-13(17)14-10-18-4-6-19(14)7-5-18/h2-3,8,13-14H,4-7,9-10,17H2,1H3. The van der Waals surface area contributed by atoms with E-state index in [1.165, 1.54) is 31.7 Å². The van der Waals surface area contributed by atoms with Gasteiger partial charge in [-0.3, -0.25) is 9.80 Å². The maximum absolute atomic E-state index is 6.47. The van der Waals surface area contributed by atoms with Crippen LogP contribution in [0.4, 0.5) is 0 Å². The van der Waals surface area contributed by atoms with E-state index in [1.54, 1.807) is 7.11 Å². The van der Waals surface area contributed by atoms with Crippen LogP contribution in [0.5, 0.6) is 5.75 Å². The third kappa shape index (κ3) is 2.86. The normalized spacial score (nSPS) is 30.2. The first kappa shape index (κ1) is 14.3. The van der Waals surface area contributed by atoms with Gasteiger partial charge in [-0.05, 0) is 40.0 Å². The van der Waals surface area contributed by atoms with Crippen LogP contribution in [0.15, 0.2) is 22.7 Å². The summed E-state index contributed by atoms with van der Waals surface area (Å²) in [5.74, 6) is 0.869. The second-order valence-corrected chi connectivity index (χ2v) is 6.60. The van der Waals surface area contributed by atoms with Crippen molar-refractivity contribution in [3.63, 3.8) is 0 Å². The quantitative estimate of drug-likeness (QED) is 0.898. The molecule has 3 heterocycles. The van der Waals surface area contributed by atoms with Crippen LogP contribution in [0, 0.1) is 0 Å². The number of ether oxygens (including phenoxy) is 1. The average Bonchev–Trinajstić information content (AvgIpc) is 2.48. The minimum Gasteiger partial charge on any atom is -0.496 e. The van der Waals surface area contributed by atoms with Crippen molar-refractivity contribution in [1.29, 1.82) is 0 Å². The van der Waals surface area contributed by atoms with Gasteiger partial charge in [-0.2, -0.15) is 0 Å². The Morgan fingerprint density at radius 1 is 1.35 bits per heavy atom. The highest BCUT2D eigenvalue weighted by Crippen LogP contribution is 2.27. The smallest absolute Gasteiger partial charge is 0.133 e. The molecule has 0 aromatic heterocycles. The molecule has 5 heteroatoms. The predicted molar refractivity (Wildman–Crippen MR) is 84.2 cm³/mol. The van der Waals surface area contributed by atoms with Crippen molar-refractivity contribution < 1.29 is 4.74 Å². The molecule has 2 N–H and O–H groups in total. The van der Waals surface area contributed by atoms with E-state index in [4.69, 9.17) is 10.5 Å². The number of halogens is 1. The summed E-state index contributed by atoms with van der Waals surface area (Å²) in [6.45, 7) is 5.88. The van der Waals surface area contributed by atoms with E-state index in [0.29, 0.717) is 6.04 Å². The van der Waals surface area contributed by atoms with Gasteiger partial charge in [0.15, 0.2) is 0 Å². The van der Waals surface area contributed by atoms with Gasteiger partial charge in [0.2, 0.25) is 0 Å². The number of hydrogen-bond acceptors (Lipinski definition) is 4. The molecule has 2 unspecified atom stereocenters. The Morgan fingerprint density at radius 2 is 2.10 bits per heavy atom. The van der Waals surface area contributed by atoms with Crippen molar-refractivity contribution in [3.05, 3.63) is 28.2 Å². The van der Waals surface area contributed by atoms with E-state index in [0.717, 1.165) is 23.2 Å². The van der Waals surface area contributed by atoms with Crippen molar-refractivity contribution in [1.82, 2.24) is 9.80 Å². The maximum atomic E-state index is 6.47. The molecule has 110 valence electrons. The topological polar surface area (TPSA) is 41.7 Å². The number of nitrogens with two attached hydrogens (primary N) is 1. The zero-order valence-corrected chi connectivity index (χ0v) is 13.5. The fourth-order valence-corrected chi connectivity index (χ4v) is 3.90. The van der Waals surface area contributed by atoms with Gasteiger partial charge < -0.3 is 10.5 Å². The molecule has 2 atom stereocenters. The number of fused-ring (bicyclic) bond motifs is 3. The van der Waals surface area contributed by atoms with Crippen LogP contribution in [-0.4, -0.2) is 61.7 Å². The van der Waals surface area contributed by atoms with E-state index < -0.39 is 0 Å². The van der Waals surface area contributed by atoms with Crippen LogP contribution in [0.25, 0.3) is 0 Å². The molecule has 20 heavy (non-hydrogen) atoms. The first-order valence-electron chi connectivity index (χ1n) is 7.22. The van der Waals surface area contributed by atoms with Gasteiger partial charge >= 0.3 is 0 Å². The Hall–Kier alpha value is -0.620. The molecule has 3 aliphatic heterocycles. The predicted octanol–water partition coefficient (Wildman–Crippen LogP) is 1.33. The van der Waals surface area contributed by atoms with Gasteiger partial charge in [-0.15, -0.1) is 0 Å². The molecule has 0 aliphatic carbocycles. The molecule has 1 aromatic carbocycles. The molecular formula is C15H22BrN3O. The van der Waals surface area contributed by atoms with Crippen molar-refractivity contribution in [3.8, 4) is 5.75 Å². The first-order chi connectivity index (χ1) is 9.67. The molecule has 3 saturated heterocycles. The number of hydrogen-bond donors (Lipinski definition) is 1. The molecule has 1 aromatic rings. The summed E-state index contributed by atoms with van der Waals surface area (Å²) in [5, 5.41) is 0. The number of piperazine rings is 3. The van der Waals surface area contributed by atoms with Crippen molar-refractivity contribution in [2.45, 2.75) is 18.5 Å². The van der Waals surface area contributed by atoms with Gasteiger partial charge in [-0.25, -0.2) is 0 Å². The van der Waals surface area contributed by atoms with Crippen molar-refractivity contribution in [2.24, 2.45) is 5.73 Å². The van der Waals surface area contributed by atoms with Crippen molar-refractivity contribution >= 4 is 15.9 Å². The molecule has 0 saturated carbocycles. The summed E-state index contributed by atoms with van der Waals surface area (Å²) >= 11 is 3.54. The molecule has 4 rings (SSSR count). The van der Waals surface area contributed by atoms with E-state index in [-0.39, 0.29) is 6.04 Å². The van der Waals surface area contributed by atoms with Crippen LogP contribution in [0.2, 0.25) is 0 Å². The molecular weight excluding hydrogens is 318 g/mol. The second kappa shape index (κ2) is 6.02. The Kier molecular flexibility index (Phi) is 4.31. The van der Waals surface area contributed by atoms with Crippen molar-refractivity contribution in [2.75, 3.05) is 39.8 Å². The molecule has 0 spiro atoms. The lowest BCUT2D eigenvalue weighted by Crippen LogP contribution is -2.66. The van der Waals surface area contributed by atoms with Crippen LogP contribution in [-0.2, 0) is 6.42 Å². The van der Waals surface area contributed by atoms with E-state index in [1.807, 2.05) is 6.07 Å². The average molecular weight is 340 g/mol. The summed E-state index contributed by atoms with van der Waals surface area (Å²) in [6, 6.07) is 6.93. The van der Waals surface area contributed by atoms with Gasteiger partial charge in [0, 0.05) is 44.8 Å². The Bertz CT molecular complexity index is 474. The summed E-state index contributed by atoms with van der Waals surface area (Å²) < 4.78 is 6.27. The van der Waals surface area contributed by atoms with E-state index in [9.17, 15) is 0 Å². The second-order valence-electron chi connectivity index (χ2n) is 5.74. The van der Waals surface area contributed by atoms with Crippen LogP contribution >= 0.6 is 15.9 Å². The third-order valence-corrected chi connectivity index (χ3v) is 5.12. The molecule has 3 aliphatic rings. The fourth-order valence-electron chi connectivity index (χ4n) is 3.31. The first-order valence-corrected chi connectivity index (χ1v) is 8.01. The Morgan fingerprint density at radius 3 is 2.65 bits per heavy atom. The van der Waals surface area contributed by atoms with Crippen LogP contribution < -0.4 is 10.5 Å². The lowest BCUT2D eigenvalue weighted by molar-refractivity contribution is 0.00258. The molecule has 3 fully saturated rings. The largest absolute Gasteiger partial charge is 0.496 e. The zero-order valence-electron chi connectivity index (χ0n) is 11.9. The lowest BCUT2D eigenvalue weighted by Gasteiger charge is -2.49. The maximum Gasteiger partial charge on any atom is 0.133 e. The number of methoxy groups -OCH3 is 1. The highest BCUT2D eigenvalue weighted by atomic mass is 79.9. The monoisotopic (exact) mass is 339 g/mol. The van der Waals surface area contributed by atoms with Crippen LogP contribution in [0.1, 0.15) is 5.56 Å².